The molecule has 2 aliphatic carbocycles. The second kappa shape index (κ2) is 16.4. The fourth-order valence-electron chi connectivity index (χ4n) is 4.88. The topological polar surface area (TPSA) is 304 Å². The molecule has 52 heavy (non-hydrogen) atoms. The minimum atomic E-state index is -4.99. The van der Waals surface area contributed by atoms with Gasteiger partial charge in [0.25, 0.3) is 15.0 Å². The first-order valence-electron chi connectivity index (χ1n) is 13.4. The van der Waals surface area contributed by atoms with Gasteiger partial charge in [-0.2, -0.15) is 23.5 Å². The van der Waals surface area contributed by atoms with Gasteiger partial charge in [-0.25, -0.2) is 9.98 Å². The number of fused-ring (bicyclic) bond motifs is 1. The molecule has 0 saturated carbocycles. The van der Waals surface area contributed by atoms with Crippen molar-refractivity contribution < 1.29 is 130 Å². The molecule has 0 unspecified atom stereocenters. The number of anilines is 1. The van der Waals surface area contributed by atoms with Gasteiger partial charge >= 0.3 is 99.2 Å². The van der Waals surface area contributed by atoms with Crippen LogP contribution in [0.15, 0.2) is 114 Å². The summed E-state index contributed by atoms with van der Waals surface area (Å²) in [6, 6.07) is 8.38. The molecule has 0 spiro atoms. The van der Waals surface area contributed by atoms with Crippen molar-refractivity contribution in [2.45, 2.75) is 9.79 Å². The largest absolute Gasteiger partial charge is 1.00 e. The van der Waals surface area contributed by atoms with Crippen LogP contribution in [0.4, 0.5) is 17.3 Å². The monoisotopic (exact) mass is 772 g/mol. The molecule has 0 radical (unpaired) electrons. The summed E-state index contributed by atoms with van der Waals surface area (Å²) in [6.45, 7) is 0. The molecule has 0 saturated heterocycles. The van der Waals surface area contributed by atoms with Crippen LogP contribution >= 0.6 is 0 Å². The van der Waals surface area contributed by atoms with E-state index in [1.165, 1.54) is 36.7 Å². The summed E-state index contributed by atoms with van der Waals surface area (Å²) < 4.78 is 66.6. The Morgan fingerprint density at radius 1 is 0.904 bits per heavy atom. The third-order valence-corrected chi connectivity index (χ3v) is 8.81. The number of nitrogens with zero attached hydrogens (tertiary/aromatic N) is 6. The van der Waals surface area contributed by atoms with Gasteiger partial charge in [0.1, 0.15) is 15.9 Å². The molecular formula is C29H17N7Na3O11S2+. The Hall–Kier alpha value is -3.19. The Morgan fingerprint density at radius 3 is 2.06 bits per heavy atom. The van der Waals surface area contributed by atoms with Gasteiger partial charge in [-0.1, -0.05) is 36.4 Å². The summed E-state index contributed by atoms with van der Waals surface area (Å²) in [6.07, 6.45) is 4.72. The SMILES string of the molecule is N=c1c([S+](=O)(O)O)cc(=Nc2ccc(S(=O)(=O)O)c(N=c3nc(O)[n-]c(N4C=CC(=C([O-])[O-])C=C4)n3)c2)c2c(=O)c3ccccc3c(=O)c1=2.[Na+].[Na+].[Na+]. The van der Waals surface area contributed by atoms with Crippen LogP contribution in [0, 0.1) is 15.8 Å². The Kier molecular flexibility index (Phi) is 13.7. The molecule has 1 aromatic heterocycles. The van der Waals surface area contributed by atoms with Crippen LogP contribution in [0.25, 0.3) is 10.8 Å². The van der Waals surface area contributed by atoms with Gasteiger partial charge in [0.2, 0.25) is 6.01 Å². The van der Waals surface area contributed by atoms with Gasteiger partial charge in [-0.05, 0) is 40.4 Å². The Labute approximate surface area is 358 Å². The molecule has 2 heterocycles. The second-order valence-corrected chi connectivity index (χ2v) is 12.9. The first kappa shape index (κ1) is 43.2. The zero-order valence-electron chi connectivity index (χ0n) is 27.1. The van der Waals surface area contributed by atoms with Crippen molar-refractivity contribution in [3.05, 3.63) is 132 Å². The van der Waals surface area contributed by atoms with E-state index in [2.05, 4.69) is 24.9 Å². The Morgan fingerprint density at radius 2 is 1.50 bits per heavy atom. The Bertz CT molecular complexity index is 2870. The number of hydrogen-bond donors (Lipinski definition) is 5. The van der Waals surface area contributed by atoms with Crippen LogP contribution in [0.5, 0.6) is 6.01 Å². The number of benzene rings is 2. The second-order valence-electron chi connectivity index (χ2n) is 10.1. The zero-order chi connectivity index (χ0) is 35.4. The molecule has 23 heteroatoms. The standard InChI is InChI=1S/C29H19N7O11S2.3Na/c30-23-20(49(45,46)47)12-18(21-22(23)25(38)16-4-2-1-3-15(16)24(21)37)31-14-5-6-19(48(42,43)44)17(11-14)32-27-33-28(35-29(41)34-27)36-9-7-13(8-10-36)26(39)40;;;/h1-12,30H,(H6-,32,33,34,35,39,40,41,42,43,44,45,46,47);;;/q;3*+1/p-2. The summed E-state index contributed by atoms with van der Waals surface area (Å²) in [7, 11) is -9.87. The molecule has 6 rings (SSSR count). The van der Waals surface area contributed by atoms with Gasteiger partial charge in [0, 0.05) is 16.8 Å². The Balaban J connectivity index is 0.00000243. The molecule has 5 N–H and O–H groups in total. The number of allylic oxidation sites excluding steroid dienone is 3. The fraction of sp³-hybridized carbons (Fsp3) is 0. The van der Waals surface area contributed by atoms with Gasteiger partial charge in [-0.15, -0.1) is 0 Å². The van der Waals surface area contributed by atoms with Crippen LogP contribution in [-0.4, -0.2) is 37.2 Å². The van der Waals surface area contributed by atoms with Crippen molar-refractivity contribution in [3.63, 3.8) is 0 Å². The molecular weight excluding hydrogens is 755 g/mol. The molecule has 1 aliphatic heterocycles. The van der Waals surface area contributed by atoms with Crippen LogP contribution in [0.1, 0.15) is 0 Å². The van der Waals surface area contributed by atoms with Crippen molar-refractivity contribution in [2.24, 2.45) is 9.98 Å². The van der Waals surface area contributed by atoms with Gasteiger partial charge < -0.3 is 20.2 Å². The predicted molar refractivity (Wildman–Crippen MR) is 163 cm³/mol. The minimum Gasteiger partial charge on any atom is -0.884 e. The molecule has 2 aromatic carbocycles. The maximum atomic E-state index is 13.6. The van der Waals surface area contributed by atoms with Gasteiger partial charge in [0.15, 0.2) is 10.9 Å². The fourth-order valence-corrected chi connectivity index (χ4v) is 6.12. The van der Waals surface area contributed by atoms with Gasteiger partial charge in [-0.3, -0.25) is 34.5 Å². The molecule has 3 aromatic rings. The van der Waals surface area contributed by atoms with E-state index in [-0.39, 0.29) is 117 Å². The third kappa shape index (κ3) is 8.61. The molecule has 0 atom stereocenters. The van der Waals surface area contributed by atoms with Crippen molar-refractivity contribution in [1.29, 1.82) is 5.41 Å². The van der Waals surface area contributed by atoms with E-state index in [0.717, 1.165) is 41.3 Å². The van der Waals surface area contributed by atoms with Crippen molar-refractivity contribution in [2.75, 3.05) is 4.90 Å². The summed E-state index contributed by atoms with van der Waals surface area (Å²) in [5.74, 6) is -1.75. The van der Waals surface area contributed by atoms with E-state index in [1.54, 1.807) is 0 Å². The number of nitrogens with one attached hydrogen (secondary N) is 1. The number of aromatic hydroxyl groups is 1. The quantitative estimate of drug-likeness (QED) is 0.0480. The maximum Gasteiger partial charge on any atom is 1.00 e. The van der Waals surface area contributed by atoms with Crippen LogP contribution in [-0.2, 0) is 24.8 Å². The number of aromatic nitrogens is 3. The van der Waals surface area contributed by atoms with Crippen LogP contribution in [0.2, 0.25) is 0 Å². The van der Waals surface area contributed by atoms with Crippen molar-refractivity contribution >= 4 is 48.7 Å². The average molecular weight is 773 g/mol. The van der Waals surface area contributed by atoms with Crippen molar-refractivity contribution in [1.82, 2.24) is 15.0 Å². The summed E-state index contributed by atoms with van der Waals surface area (Å²) in [5.41, 5.74) is -3.19. The molecule has 0 fully saturated rings. The molecule has 0 bridgehead atoms. The van der Waals surface area contributed by atoms with E-state index in [4.69, 9.17) is 5.41 Å². The first-order valence-corrected chi connectivity index (χ1v) is 16.3. The van der Waals surface area contributed by atoms with Crippen LogP contribution < -0.4 is 136 Å². The zero-order valence-corrected chi connectivity index (χ0v) is 34.7. The normalized spacial score (nSPS) is 13.5. The smallest absolute Gasteiger partial charge is 0.884 e. The number of rotatable bonds is 5. The number of hydrogen-bond acceptors (Lipinski definition) is 14. The van der Waals surface area contributed by atoms with E-state index in [9.17, 15) is 51.2 Å². The molecule has 248 valence electrons. The van der Waals surface area contributed by atoms with E-state index in [0.29, 0.717) is 0 Å². The first-order chi connectivity index (χ1) is 23.0. The summed E-state index contributed by atoms with van der Waals surface area (Å²) in [4.78, 5) is 46.1. The van der Waals surface area contributed by atoms with E-state index in [1.807, 2.05) is 0 Å². The van der Waals surface area contributed by atoms with Crippen molar-refractivity contribution in [3.8, 4) is 6.01 Å². The molecule has 3 aliphatic rings. The molecule has 18 nitrogen and oxygen atoms in total. The van der Waals surface area contributed by atoms with E-state index >= 15 is 0 Å². The van der Waals surface area contributed by atoms with E-state index < -0.39 is 85.7 Å². The summed E-state index contributed by atoms with van der Waals surface area (Å²) >= 11 is 0. The molecule has 0 amide bonds. The summed E-state index contributed by atoms with van der Waals surface area (Å²) in [5, 5.41) is 38.2. The third-order valence-electron chi connectivity index (χ3n) is 7.01. The maximum absolute atomic E-state index is 13.6. The average Bonchev–Trinajstić information content (AvgIpc) is 3.03. The van der Waals surface area contributed by atoms with Gasteiger partial charge in [0.05, 0.1) is 33.1 Å². The predicted octanol–water partition coefficient (Wildman–Crippen LogP) is -10.6. The van der Waals surface area contributed by atoms with Crippen LogP contribution in [0.3, 0.4) is 0 Å². The minimum absolute atomic E-state index is 0.